The van der Waals surface area contributed by atoms with E-state index in [2.05, 4.69) is 158 Å². The molecule has 3 aliphatic rings. The first-order valence-corrected chi connectivity index (χ1v) is 22.8. The van der Waals surface area contributed by atoms with Gasteiger partial charge in [-0.1, -0.05) is 142 Å². The minimum atomic E-state index is -0.877. The fraction of sp³-hybridized carbons (Fsp3) is 0.347. The van der Waals surface area contributed by atoms with Gasteiger partial charge in [-0.3, -0.25) is 0 Å². The van der Waals surface area contributed by atoms with E-state index >= 15 is 0 Å². The van der Waals surface area contributed by atoms with Gasteiger partial charge in [-0.25, -0.2) is 0 Å². The van der Waals surface area contributed by atoms with Gasteiger partial charge >= 0.3 is 19.5 Å². The quantitative estimate of drug-likeness (QED) is 0.0822. The van der Waals surface area contributed by atoms with Crippen LogP contribution in [0.4, 0.5) is 0 Å². The van der Waals surface area contributed by atoms with E-state index in [9.17, 15) is 0 Å². The van der Waals surface area contributed by atoms with Crippen LogP contribution in [0.15, 0.2) is 152 Å². The molecule has 0 aliphatic heterocycles. The molecule has 3 saturated carbocycles. The molecule has 8 rings (SSSR count). The van der Waals surface area contributed by atoms with Crippen molar-refractivity contribution >= 4 is 49.2 Å². The van der Waals surface area contributed by atoms with Gasteiger partial charge in [-0.05, 0) is 110 Å². The Morgan fingerprint density at radius 3 is 1.28 bits per heavy atom. The van der Waals surface area contributed by atoms with Gasteiger partial charge in [-0.2, -0.15) is 0 Å². The van der Waals surface area contributed by atoms with E-state index in [4.69, 9.17) is 4.79 Å². The first-order chi connectivity index (χ1) is 25.3. The van der Waals surface area contributed by atoms with Crippen LogP contribution < -0.4 is 26.5 Å². The smallest absolute Gasteiger partial charge is 0.573 e. The van der Waals surface area contributed by atoms with Gasteiger partial charge in [0.25, 0.3) is 0 Å². The number of fused-ring (bicyclic) bond motifs is 1. The molecule has 0 aromatic heterocycles. The van der Waals surface area contributed by atoms with E-state index in [0.717, 1.165) is 29.6 Å². The van der Waals surface area contributed by atoms with Crippen LogP contribution in [0.5, 0.6) is 0 Å². The summed E-state index contributed by atoms with van der Waals surface area (Å²) in [5.41, 5.74) is 0. The van der Waals surface area contributed by atoms with E-state index < -0.39 is 15.8 Å². The van der Waals surface area contributed by atoms with Crippen LogP contribution in [0.25, 0.3) is 0 Å². The van der Waals surface area contributed by atoms with E-state index in [0.29, 0.717) is 0 Å². The molecular formula is C49H59OP2Ru+2. The van der Waals surface area contributed by atoms with Crippen molar-refractivity contribution in [3.05, 3.63) is 159 Å². The minimum absolute atomic E-state index is 0. The van der Waals surface area contributed by atoms with Crippen molar-refractivity contribution in [1.29, 1.82) is 0 Å². The van der Waals surface area contributed by atoms with Crippen molar-refractivity contribution in [2.75, 3.05) is 6.16 Å². The third-order valence-electron chi connectivity index (χ3n) is 12.1. The summed E-state index contributed by atoms with van der Waals surface area (Å²) in [4.78, 5) is 7.50. The Labute approximate surface area is 337 Å². The molecule has 4 atom stereocenters. The molecule has 0 heterocycles. The third-order valence-corrected chi connectivity index (χ3v) is 17.7. The molecule has 3 unspecified atom stereocenters. The summed E-state index contributed by atoms with van der Waals surface area (Å²) in [6.45, 7) is 4.50. The van der Waals surface area contributed by atoms with Crippen molar-refractivity contribution in [2.45, 2.75) is 70.6 Å². The van der Waals surface area contributed by atoms with Gasteiger partial charge in [0, 0.05) is 0 Å². The summed E-state index contributed by atoms with van der Waals surface area (Å²) in [5.74, 6) is 5.11. The zero-order valence-corrected chi connectivity index (χ0v) is 35.3. The average Bonchev–Trinajstić information content (AvgIpc) is 3.66. The Morgan fingerprint density at radius 2 is 0.849 bits per heavy atom. The second kappa shape index (κ2) is 23.2. The van der Waals surface area contributed by atoms with Gasteiger partial charge in [0.1, 0.15) is 15.9 Å². The monoisotopic (exact) mass is 827 g/mol. The van der Waals surface area contributed by atoms with Crippen LogP contribution in [0.1, 0.15) is 70.6 Å². The second-order valence-corrected chi connectivity index (χ2v) is 19.9. The van der Waals surface area contributed by atoms with Crippen LogP contribution in [0.3, 0.4) is 0 Å². The molecule has 277 valence electrons. The zero-order valence-electron chi connectivity index (χ0n) is 31.6. The average molecular weight is 827 g/mol. The molecule has 0 N–H and O–H groups in total. The fourth-order valence-corrected chi connectivity index (χ4v) is 15.5. The molecular weight excluding hydrogens is 768 g/mol. The molecule has 3 aliphatic carbocycles. The zero-order chi connectivity index (χ0) is 35.1. The summed E-state index contributed by atoms with van der Waals surface area (Å²) >= 11 is 0. The van der Waals surface area contributed by atoms with Crippen molar-refractivity contribution in [3.8, 4) is 0 Å². The molecule has 53 heavy (non-hydrogen) atoms. The van der Waals surface area contributed by atoms with Crippen LogP contribution >= 0.6 is 15.8 Å². The van der Waals surface area contributed by atoms with Gasteiger partial charge in [0.15, 0.2) is 0 Å². The normalized spacial score (nSPS) is 19.9. The molecule has 0 amide bonds. The molecule has 1 radical (unpaired) electrons. The van der Waals surface area contributed by atoms with E-state index in [1.165, 1.54) is 92.7 Å². The van der Waals surface area contributed by atoms with E-state index in [-0.39, 0.29) is 26.9 Å². The standard InChI is InChI=1S/C29H39P.C18H15P.CO.CH3.Ru/c1-4-12-23(13-5-1)29(28-21-20-24-14-10-11-19-27(24)28)22-30(25-15-6-2-7-16-25)26-17-8-3-9-18-26;1-4-10-16(11-5-1)19(17-12-6-2-7-13-17)18-14-8-3-9-15-18;1-2;;/h2-3,6-9,15-18,23-24,27-29H,1,4-5,10-14,19-22H2;1-15H;;1H3;/q;;2*-1;+2/p+2/t24?,27?,28?,29-;;;;/m1..../s1. The third kappa shape index (κ3) is 11.6. The Morgan fingerprint density at radius 1 is 0.472 bits per heavy atom. The van der Waals surface area contributed by atoms with Crippen LogP contribution in [0, 0.1) is 37.0 Å². The number of hydrogen-bond donors (Lipinski definition) is 0. The van der Waals surface area contributed by atoms with Crippen LogP contribution in [-0.4, -0.2) is 13.0 Å². The van der Waals surface area contributed by atoms with Crippen molar-refractivity contribution in [2.24, 2.45) is 29.6 Å². The van der Waals surface area contributed by atoms with Gasteiger partial charge in [0.2, 0.25) is 0 Å². The maximum absolute atomic E-state index is 7.50. The summed E-state index contributed by atoms with van der Waals surface area (Å²) < 4.78 is 0. The van der Waals surface area contributed by atoms with Crippen LogP contribution in [-0.2, 0) is 24.3 Å². The molecule has 5 aromatic carbocycles. The molecule has 0 spiro atoms. The first-order valence-electron chi connectivity index (χ1n) is 19.6. The molecule has 3 fully saturated rings. The topological polar surface area (TPSA) is 17.1 Å². The molecule has 1 nitrogen and oxygen atoms in total. The minimum Gasteiger partial charge on any atom is -0.573 e. The predicted octanol–water partition coefficient (Wildman–Crippen LogP) is 10.5. The summed E-state index contributed by atoms with van der Waals surface area (Å²) in [5, 5.41) is 7.57. The largest absolute Gasteiger partial charge is 2.00 e. The number of carbonyl (C=O) groups excluding carboxylic acids is 1. The maximum atomic E-state index is 7.50. The number of rotatable bonds is 9. The second-order valence-electron chi connectivity index (χ2n) is 14.9. The summed E-state index contributed by atoms with van der Waals surface area (Å²) in [7, 11) is -1.60. The fourth-order valence-electron chi connectivity index (χ4n) is 9.77. The van der Waals surface area contributed by atoms with Gasteiger partial charge in [-0.15, -0.1) is 0 Å². The number of hydrogen-bond acceptors (Lipinski definition) is 1. The summed E-state index contributed by atoms with van der Waals surface area (Å²) in [6.07, 6.45) is 18.1. The van der Waals surface area contributed by atoms with Crippen LogP contribution in [0.2, 0.25) is 0 Å². The van der Waals surface area contributed by atoms with E-state index in [1.807, 2.05) is 0 Å². The molecule has 0 bridgehead atoms. The van der Waals surface area contributed by atoms with Crippen molar-refractivity contribution < 1.29 is 24.3 Å². The Kier molecular flexibility index (Phi) is 18.8. The maximum Gasteiger partial charge on any atom is 2.00 e. The Balaban J connectivity index is 0.000000237. The Hall–Kier alpha value is -2.75. The Bertz CT molecular complexity index is 1530. The van der Waals surface area contributed by atoms with Crippen molar-refractivity contribution in [3.63, 3.8) is 0 Å². The molecule has 4 heteroatoms. The first kappa shape index (κ1) is 43.0. The van der Waals surface area contributed by atoms with Gasteiger partial charge in [0.05, 0.1) is 32.6 Å². The predicted molar refractivity (Wildman–Crippen MR) is 232 cm³/mol. The molecule has 0 saturated heterocycles. The van der Waals surface area contributed by atoms with Crippen molar-refractivity contribution in [1.82, 2.24) is 0 Å². The van der Waals surface area contributed by atoms with E-state index in [1.54, 1.807) is 10.6 Å². The SMILES string of the molecule is [C-]=O.[CH3-].[Ru+2].c1ccc([PH+](C[C@H](C2CCCCC2)C2CCC3CCCCC32)c2ccccc2)cc1.c1ccc([PH+](c2ccccc2)c2ccccc2)cc1. The number of benzene rings is 5. The molecule has 5 aromatic rings. The summed E-state index contributed by atoms with van der Waals surface area (Å²) in [6, 6.07) is 55.7. The van der Waals surface area contributed by atoms with Gasteiger partial charge < -0.3 is 19.0 Å².